The van der Waals surface area contributed by atoms with Crippen LogP contribution in [0.25, 0.3) is 0 Å². The molecule has 0 radical (unpaired) electrons. The molecule has 0 aromatic rings. The third-order valence-corrected chi connectivity index (χ3v) is 1.63. The van der Waals surface area contributed by atoms with Gasteiger partial charge in [0.2, 0.25) is 0 Å². The standard InChI is InChI=1S/C9H13NO/c1-11-9-4-2-3-8(7-10)5-6-9/h2-3,5-6H,4,7,10H2,1H3. The van der Waals surface area contributed by atoms with Crippen LogP contribution in [0, 0.1) is 0 Å². The zero-order valence-corrected chi connectivity index (χ0v) is 6.71. The number of ether oxygens (including phenoxy) is 1. The minimum atomic E-state index is 0.587. The molecule has 0 atom stereocenters. The van der Waals surface area contributed by atoms with Crippen molar-refractivity contribution in [1.82, 2.24) is 0 Å². The molecule has 0 aromatic carbocycles. The average Bonchev–Trinajstić information content (AvgIpc) is 2.28. The molecule has 0 aliphatic heterocycles. The Bertz CT molecular complexity index is 214. The summed E-state index contributed by atoms with van der Waals surface area (Å²) >= 11 is 0. The van der Waals surface area contributed by atoms with Crippen LogP contribution in [0.1, 0.15) is 6.42 Å². The zero-order chi connectivity index (χ0) is 8.10. The summed E-state index contributed by atoms with van der Waals surface area (Å²) in [6, 6.07) is 0. The van der Waals surface area contributed by atoms with E-state index in [1.807, 2.05) is 18.2 Å². The predicted octanol–water partition coefficient (Wildman–Crippen LogP) is 1.36. The van der Waals surface area contributed by atoms with Gasteiger partial charge in [0.1, 0.15) is 0 Å². The molecule has 0 heterocycles. The molecule has 0 bridgehead atoms. The molecule has 2 heteroatoms. The van der Waals surface area contributed by atoms with Crippen LogP contribution in [-0.4, -0.2) is 13.7 Å². The first kappa shape index (κ1) is 8.08. The normalized spacial score (nSPS) is 16.9. The number of methoxy groups -OCH3 is 1. The quantitative estimate of drug-likeness (QED) is 0.646. The van der Waals surface area contributed by atoms with Gasteiger partial charge in [0.05, 0.1) is 12.9 Å². The molecule has 0 unspecified atom stereocenters. The SMILES string of the molecule is COC1=CC=C(CN)C=CC1. The molecule has 1 aliphatic rings. The van der Waals surface area contributed by atoms with Gasteiger partial charge in [-0.15, -0.1) is 0 Å². The summed E-state index contributed by atoms with van der Waals surface area (Å²) in [5, 5.41) is 0. The predicted molar refractivity (Wildman–Crippen MR) is 46.0 cm³/mol. The zero-order valence-electron chi connectivity index (χ0n) is 6.71. The Kier molecular flexibility index (Phi) is 2.93. The summed E-state index contributed by atoms with van der Waals surface area (Å²) in [4.78, 5) is 0. The van der Waals surface area contributed by atoms with Crippen molar-refractivity contribution in [2.45, 2.75) is 6.42 Å². The summed E-state index contributed by atoms with van der Waals surface area (Å²) in [6.07, 6.45) is 8.89. The molecule has 0 saturated carbocycles. The fourth-order valence-electron chi connectivity index (χ4n) is 0.937. The van der Waals surface area contributed by atoms with Crippen LogP contribution in [0.3, 0.4) is 0 Å². The van der Waals surface area contributed by atoms with E-state index in [0.717, 1.165) is 17.8 Å². The van der Waals surface area contributed by atoms with E-state index in [-0.39, 0.29) is 0 Å². The molecule has 11 heavy (non-hydrogen) atoms. The minimum Gasteiger partial charge on any atom is -0.501 e. The topological polar surface area (TPSA) is 35.2 Å². The van der Waals surface area contributed by atoms with Gasteiger partial charge in [-0.3, -0.25) is 0 Å². The second kappa shape index (κ2) is 3.98. The van der Waals surface area contributed by atoms with Gasteiger partial charge in [0, 0.05) is 13.0 Å². The second-order valence-corrected chi connectivity index (χ2v) is 2.39. The largest absolute Gasteiger partial charge is 0.501 e. The van der Waals surface area contributed by atoms with E-state index < -0.39 is 0 Å². The molecule has 1 aliphatic carbocycles. The molecule has 0 amide bonds. The van der Waals surface area contributed by atoms with Gasteiger partial charge in [-0.05, 0) is 11.6 Å². The van der Waals surface area contributed by atoms with Crippen LogP contribution in [0.2, 0.25) is 0 Å². The van der Waals surface area contributed by atoms with Crippen molar-refractivity contribution in [3.63, 3.8) is 0 Å². The van der Waals surface area contributed by atoms with Crippen LogP contribution in [-0.2, 0) is 4.74 Å². The Morgan fingerprint density at radius 1 is 1.55 bits per heavy atom. The molecular formula is C9H13NO. The van der Waals surface area contributed by atoms with Crippen molar-refractivity contribution in [3.8, 4) is 0 Å². The smallest absolute Gasteiger partial charge is 0.0993 e. The molecule has 0 fully saturated rings. The fraction of sp³-hybridized carbons (Fsp3) is 0.333. The van der Waals surface area contributed by atoms with Gasteiger partial charge in [-0.2, -0.15) is 0 Å². The van der Waals surface area contributed by atoms with E-state index in [1.54, 1.807) is 7.11 Å². The first-order valence-corrected chi connectivity index (χ1v) is 3.67. The fourth-order valence-corrected chi connectivity index (χ4v) is 0.937. The van der Waals surface area contributed by atoms with E-state index in [1.165, 1.54) is 0 Å². The molecule has 2 nitrogen and oxygen atoms in total. The van der Waals surface area contributed by atoms with E-state index in [4.69, 9.17) is 10.5 Å². The monoisotopic (exact) mass is 151 g/mol. The number of hydrogen-bond donors (Lipinski definition) is 1. The minimum absolute atomic E-state index is 0.587. The highest BCUT2D eigenvalue weighted by Crippen LogP contribution is 2.10. The van der Waals surface area contributed by atoms with E-state index in [0.29, 0.717) is 6.54 Å². The lowest BCUT2D eigenvalue weighted by Crippen LogP contribution is -1.99. The van der Waals surface area contributed by atoms with Crippen molar-refractivity contribution in [3.05, 3.63) is 35.6 Å². The van der Waals surface area contributed by atoms with Gasteiger partial charge in [-0.25, -0.2) is 0 Å². The third kappa shape index (κ3) is 2.24. The summed E-state index contributed by atoms with van der Waals surface area (Å²) in [5.74, 6) is 0.977. The number of hydrogen-bond acceptors (Lipinski definition) is 2. The third-order valence-electron chi connectivity index (χ3n) is 1.63. The van der Waals surface area contributed by atoms with Gasteiger partial charge in [0.15, 0.2) is 0 Å². The van der Waals surface area contributed by atoms with E-state index in [2.05, 4.69) is 6.08 Å². The van der Waals surface area contributed by atoms with Gasteiger partial charge < -0.3 is 10.5 Å². The first-order valence-electron chi connectivity index (χ1n) is 3.67. The van der Waals surface area contributed by atoms with Crippen molar-refractivity contribution >= 4 is 0 Å². The number of allylic oxidation sites excluding steroid dienone is 3. The van der Waals surface area contributed by atoms with Crippen LogP contribution in [0.15, 0.2) is 35.6 Å². The lowest BCUT2D eigenvalue weighted by Gasteiger charge is -1.98. The highest BCUT2D eigenvalue weighted by atomic mass is 16.5. The van der Waals surface area contributed by atoms with E-state index >= 15 is 0 Å². The summed E-state index contributed by atoms with van der Waals surface area (Å²) in [5.41, 5.74) is 6.61. The van der Waals surface area contributed by atoms with Crippen molar-refractivity contribution < 1.29 is 4.74 Å². The molecule has 60 valence electrons. The van der Waals surface area contributed by atoms with Gasteiger partial charge >= 0.3 is 0 Å². The Morgan fingerprint density at radius 3 is 3.00 bits per heavy atom. The summed E-state index contributed by atoms with van der Waals surface area (Å²) in [7, 11) is 1.68. The van der Waals surface area contributed by atoms with E-state index in [9.17, 15) is 0 Å². The molecule has 1 rings (SSSR count). The Morgan fingerprint density at radius 2 is 2.36 bits per heavy atom. The summed E-state index contributed by atoms with van der Waals surface area (Å²) in [6.45, 7) is 0.587. The van der Waals surface area contributed by atoms with Gasteiger partial charge in [0.25, 0.3) is 0 Å². The van der Waals surface area contributed by atoms with Crippen LogP contribution < -0.4 is 5.73 Å². The van der Waals surface area contributed by atoms with Gasteiger partial charge in [-0.1, -0.05) is 18.2 Å². The lowest BCUT2D eigenvalue weighted by molar-refractivity contribution is 0.285. The highest BCUT2D eigenvalue weighted by molar-refractivity contribution is 5.29. The Hall–Kier alpha value is -1.02. The molecular weight excluding hydrogens is 138 g/mol. The number of nitrogens with two attached hydrogens (primary N) is 1. The van der Waals surface area contributed by atoms with Crippen LogP contribution in [0.4, 0.5) is 0 Å². The first-order chi connectivity index (χ1) is 5.36. The Balaban J connectivity index is 2.72. The van der Waals surface area contributed by atoms with Crippen LogP contribution >= 0.6 is 0 Å². The lowest BCUT2D eigenvalue weighted by atomic mass is 10.2. The molecule has 0 saturated heterocycles. The highest BCUT2D eigenvalue weighted by Gasteiger charge is 1.96. The maximum absolute atomic E-state index is 5.47. The summed E-state index contributed by atoms with van der Waals surface area (Å²) < 4.78 is 5.09. The molecule has 0 spiro atoms. The molecule has 2 N–H and O–H groups in total. The average molecular weight is 151 g/mol. The Labute approximate surface area is 67.0 Å². The van der Waals surface area contributed by atoms with Crippen molar-refractivity contribution in [2.75, 3.05) is 13.7 Å². The van der Waals surface area contributed by atoms with Crippen LogP contribution in [0.5, 0.6) is 0 Å². The number of rotatable bonds is 2. The second-order valence-electron chi connectivity index (χ2n) is 2.39. The molecule has 0 aromatic heterocycles. The van der Waals surface area contributed by atoms with Crippen molar-refractivity contribution in [2.24, 2.45) is 5.73 Å². The van der Waals surface area contributed by atoms with Crippen molar-refractivity contribution in [1.29, 1.82) is 0 Å². The maximum atomic E-state index is 5.47. The maximum Gasteiger partial charge on any atom is 0.0993 e.